The van der Waals surface area contributed by atoms with Crippen LogP contribution in [0.1, 0.15) is 47.1 Å². The van der Waals surface area contributed by atoms with Gasteiger partial charge in [-0.3, -0.25) is 9.78 Å². The quantitative estimate of drug-likeness (QED) is 0.323. The number of nitrogens with one attached hydrogen (secondary N) is 1. The van der Waals surface area contributed by atoms with Gasteiger partial charge in [0, 0.05) is 34.3 Å². The van der Waals surface area contributed by atoms with E-state index in [1.807, 2.05) is 24.3 Å². The van der Waals surface area contributed by atoms with Crippen molar-refractivity contribution in [3.8, 4) is 16.9 Å². The smallest absolute Gasteiger partial charge is 0.262 e. The van der Waals surface area contributed by atoms with Crippen molar-refractivity contribution in [2.45, 2.75) is 32.0 Å². The van der Waals surface area contributed by atoms with Crippen molar-refractivity contribution in [2.75, 3.05) is 6.61 Å². The summed E-state index contributed by atoms with van der Waals surface area (Å²) in [5.74, 6) is -0.306. The lowest BCUT2D eigenvalue weighted by Crippen LogP contribution is -2.33. The molecule has 2 aromatic heterocycles. The molecule has 0 bridgehead atoms. The Balaban J connectivity index is 1.61. The van der Waals surface area contributed by atoms with Crippen molar-refractivity contribution in [1.29, 1.82) is 0 Å². The lowest BCUT2D eigenvalue weighted by molar-refractivity contribution is 0.0922. The first kappa shape index (κ1) is 22.7. The highest BCUT2D eigenvalue weighted by Crippen LogP contribution is 2.43. The number of carbonyl (C=O) groups is 1. The van der Waals surface area contributed by atoms with E-state index in [0.717, 1.165) is 11.1 Å². The van der Waals surface area contributed by atoms with Crippen LogP contribution < -0.4 is 10.1 Å². The van der Waals surface area contributed by atoms with Gasteiger partial charge in [-0.15, -0.1) is 11.3 Å². The van der Waals surface area contributed by atoms with Gasteiger partial charge in [-0.2, -0.15) is 0 Å². The van der Waals surface area contributed by atoms with Gasteiger partial charge in [-0.05, 0) is 55.8 Å². The predicted octanol–water partition coefficient (Wildman–Crippen LogP) is 7.21. The zero-order valence-corrected chi connectivity index (χ0v) is 20.1. The van der Waals surface area contributed by atoms with E-state index in [4.69, 9.17) is 16.3 Å². The Labute approximate surface area is 204 Å². The summed E-state index contributed by atoms with van der Waals surface area (Å²) in [5, 5.41) is 3.55. The van der Waals surface area contributed by atoms with Crippen LogP contribution in [0.3, 0.4) is 0 Å². The number of halogens is 3. The Hall–Kier alpha value is -3.03. The maximum atomic E-state index is 15.5. The molecule has 4 aromatic rings. The number of aromatic nitrogens is 1. The lowest BCUT2D eigenvalue weighted by Gasteiger charge is -2.27. The number of hydrogen-bond donors (Lipinski definition) is 1. The van der Waals surface area contributed by atoms with Gasteiger partial charge in [-0.25, -0.2) is 8.78 Å². The summed E-state index contributed by atoms with van der Waals surface area (Å²) < 4.78 is 35.7. The first-order chi connectivity index (χ1) is 16.2. The number of amides is 1. The largest absolute Gasteiger partial charge is 0.493 e. The molecular weight excluding hydrogens is 478 g/mol. The number of hydrogen-bond acceptors (Lipinski definition) is 4. The first-order valence-electron chi connectivity index (χ1n) is 10.8. The number of carbonyl (C=O) groups excluding carboxylic acids is 1. The van der Waals surface area contributed by atoms with Crippen molar-refractivity contribution >= 4 is 39.1 Å². The van der Waals surface area contributed by atoms with Crippen LogP contribution in [0.5, 0.6) is 5.75 Å². The third-order valence-electron chi connectivity index (χ3n) is 5.83. The van der Waals surface area contributed by atoms with Gasteiger partial charge >= 0.3 is 0 Å². The van der Waals surface area contributed by atoms with Crippen molar-refractivity contribution in [1.82, 2.24) is 10.3 Å². The van der Waals surface area contributed by atoms with E-state index in [1.165, 1.54) is 37.3 Å². The average Bonchev–Trinajstić information content (AvgIpc) is 3.20. The van der Waals surface area contributed by atoms with Crippen LogP contribution in [0.4, 0.5) is 8.78 Å². The minimum Gasteiger partial charge on any atom is -0.493 e. The molecule has 0 fully saturated rings. The molecule has 1 aliphatic rings. The molecule has 34 heavy (non-hydrogen) atoms. The summed E-state index contributed by atoms with van der Waals surface area (Å²) in [7, 11) is 0. The van der Waals surface area contributed by atoms with Gasteiger partial charge in [-0.1, -0.05) is 23.7 Å². The monoisotopic (exact) mass is 498 g/mol. The second-order valence-electron chi connectivity index (χ2n) is 8.67. The fourth-order valence-electron chi connectivity index (χ4n) is 4.32. The zero-order chi connectivity index (χ0) is 24.0. The molecule has 174 valence electrons. The average molecular weight is 499 g/mol. The Bertz CT molecular complexity index is 1410. The lowest BCUT2D eigenvalue weighted by atomic mass is 9.96. The summed E-state index contributed by atoms with van der Waals surface area (Å²) in [4.78, 5) is 18.2. The van der Waals surface area contributed by atoms with Gasteiger partial charge < -0.3 is 10.1 Å². The number of ether oxygens (including phenoxy) is 1. The van der Waals surface area contributed by atoms with E-state index in [1.54, 1.807) is 18.3 Å². The highest BCUT2D eigenvalue weighted by molar-refractivity contribution is 7.21. The summed E-state index contributed by atoms with van der Waals surface area (Å²) in [6.45, 7) is 3.22. The summed E-state index contributed by atoms with van der Waals surface area (Å²) >= 11 is 7.39. The second kappa shape index (κ2) is 8.64. The molecule has 0 saturated heterocycles. The molecule has 2 aromatic carbocycles. The van der Waals surface area contributed by atoms with E-state index in [-0.39, 0.29) is 10.4 Å². The van der Waals surface area contributed by atoms with Crippen LogP contribution in [0.2, 0.25) is 5.02 Å². The highest BCUT2D eigenvalue weighted by Gasteiger charge is 2.34. The molecule has 0 aliphatic carbocycles. The molecule has 0 saturated carbocycles. The summed E-state index contributed by atoms with van der Waals surface area (Å²) in [6, 6.07) is 13.0. The molecule has 1 aliphatic heterocycles. The number of benzene rings is 2. The van der Waals surface area contributed by atoms with Crippen molar-refractivity contribution in [3.63, 3.8) is 0 Å². The van der Waals surface area contributed by atoms with Crippen LogP contribution in [0.15, 0.2) is 54.7 Å². The maximum Gasteiger partial charge on any atom is 0.262 e. The van der Waals surface area contributed by atoms with Gasteiger partial charge in [0.2, 0.25) is 0 Å². The summed E-state index contributed by atoms with van der Waals surface area (Å²) in [6.07, 6.45) is 2.09. The Morgan fingerprint density at radius 2 is 2.06 bits per heavy atom. The highest BCUT2D eigenvalue weighted by atomic mass is 35.5. The van der Waals surface area contributed by atoms with E-state index >= 15 is 4.39 Å². The van der Waals surface area contributed by atoms with Crippen LogP contribution in [-0.4, -0.2) is 17.5 Å². The van der Waals surface area contributed by atoms with Crippen LogP contribution in [-0.2, 0) is 5.67 Å². The van der Waals surface area contributed by atoms with Gasteiger partial charge in [0.1, 0.15) is 22.1 Å². The number of alkyl halides is 1. The normalized spacial score (nSPS) is 15.6. The SMILES string of the molecule is CC(C)(F)c1c(C(=O)N[C@H]2CCOc3ccc(F)cc32)sc2c(-c3cccc(Cl)c3)ccnc12. The molecule has 1 N–H and O–H groups in total. The van der Waals surface area contributed by atoms with E-state index in [9.17, 15) is 9.18 Å². The molecule has 0 radical (unpaired) electrons. The van der Waals surface area contributed by atoms with Crippen LogP contribution in [0, 0.1) is 5.82 Å². The molecule has 0 spiro atoms. The minimum absolute atomic E-state index is 0.236. The van der Waals surface area contributed by atoms with Crippen molar-refractivity contribution in [3.05, 3.63) is 81.6 Å². The number of pyridine rings is 1. The Kier molecular flexibility index (Phi) is 5.78. The molecule has 1 amide bonds. The van der Waals surface area contributed by atoms with E-state index in [0.29, 0.717) is 39.6 Å². The Morgan fingerprint density at radius 1 is 1.24 bits per heavy atom. The fourth-order valence-corrected chi connectivity index (χ4v) is 5.86. The van der Waals surface area contributed by atoms with Crippen LogP contribution >= 0.6 is 22.9 Å². The standard InChI is InChI=1S/C26H21ClF2N2O2S/c1-26(2,29)21-22-23(17(8-10-30-22)14-4-3-5-15(27)12-14)34-24(21)25(32)31-19-9-11-33-20-7-6-16(28)13-18(19)20/h3-8,10,12-13,19H,9,11H2,1-2H3,(H,31,32)/t19-/m0/s1. The minimum atomic E-state index is -1.81. The maximum absolute atomic E-state index is 15.5. The molecular formula is C26H21ClF2N2O2S. The summed E-state index contributed by atoms with van der Waals surface area (Å²) in [5.41, 5.74) is 1.11. The zero-order valence-electron chi connectivity index (χ0n) is 18.5. The molecule has 3 heterocycles. The number of rotatable bonds is 4. The van der Waals surface area contributed by atoms with Gasteiger partial charge in [0.15, 0.2) is 0 Å². The third kappa shape index (κ3) is 4.14. The topological polar surface area (TPSA) is 51.2 Å². The van der Waals surface area contributed by atoms with E-state index in [2.05, 4.69) is 10.3 Å². The van der Waals surface area contributed by atoms with Gasteiger partial charge in [0.25, 0.3) is 5.91 Å². The number of thiophene rings is 1. The third-order valence-corrected chi connectivity index (χ3v) is 7.27. The predicted molar refractivity (Wildman–Crippen MR) is 131 cm³/mol. The number of nitrogens with zero attached hydrogens (tertiary/aromatic N) is 1. The fraction of sp³-hybridized carbons (Fsp3) is 0.231. The Morgan fingerprint density at radius 3 is 2.82 bits per heavy atom. The molecule has 5 rings (SSSR count). The second-order valence-corrected chi connectivity index (χ2v) is 10.1. The van der Waals surface area contributed by atoms with Crippen molar-refractivity contribution in [2.24, 2.45) is 0 Å². The van der Waals surface area contributed by atoms with E-state index < -0.39 is 23.4 Å². The molecule has 4 nitrogen and oxygen atoms in total. The molecule has 8 heteroatoms. The van der Waals surface area contributed by atoms with Crippen molar-refractivity contribution < 1.29 is 18.3 Å². The number of fused-ring (bicyclic) bond motifs is 2. The van der Waals surface area contributed by atoms with Crippen LogP contribution in [0.25, 0.3) is 21.3 Å². The van der Waals surface area contributed by atoms with Gasteiger partial charge in [0.05, 0.1) is 22.9 Å². The first-order valence-corrected chi connectivity index (χ1v) is 12.0. The molecule has 1 atom stereocenters. The molecule has 0 unspecified atom stereocenters.